The maximum absolute atomic E-state index is 9.50. The Bertz CT molecular complexity index is 559. The van der Waals surface area contributed by atoms with Crippen molar-refractivity contribution in [3.63, 3.8) is 0 Å². The number of nitrogens with two attached hydrogens (primary N) is 1. The summed E-state index contributed by atoms with van der Waals surface area (Å²) in [6.45, 7) is 1.01. The van der Waals surface area contributed by atoms with E-state index < -0.39 is 0 Å². The van der Waals surface area contributed by atoms with Crippen LogP contribution in [0.1, 0.15) is 74.0 Å². The van der Waals surface area contributed by atoms with Crippen LogP contribution in [-0.4, -0.2) is 31.0 Å². The summed E-state index contributed by atoms with van der Waals surface area (Å²) in [5, 5.41) is 9.50. The number of aryl methyl sites for hydroxylation is 1. The Morgan fingerprint density at radius 3 is 2.84 bits per heavy atom. The highest BCUT2D eigenvalue weighted by atomic mass is 16.5. The van der Waals surface area contributed by atoms with E-state index in [2.05, 4.69) is 18.2 Å². The van der Waals surface area contributed by atoms with Crippen molar-refractivity contribution in [1.82, 2.24) is 0 Å². The van der Waals surface area contributed by atoms with Crippen LogP contribution in [0.25, 0.3) is 0 Å². The number of benzene rings is 1. The standard InChI is InChI=1S/C22H35NO2/c1-25-12-4-2-3-5-17-6-7-19-14-20(9-8-18(19)13-17)21-10-11-22(23,15-21)16-24/h8-9,14,17,21,24H,2-7,10-13,15-16,23H2,1H3. The molecular formula is C22H35NO2. The van der Waals surface area contributed by atoms with Gasteiger partial charge < -0.3 is 15.6 Å². The van der Waals surface area contributed by atoms with E-state index >= 15 is 0 Å². The summed E-state index contributed by atoms with van der Waals surface area (Å²) >= 11 is 0. The molecule has 3 heteroatoms. The number of hydrogen-bond acceptors (Lipinski definition) is 3. The summed E-state index contributed by atoms with van der Waals surface area (Å²) in [6.07, 6.45) is 12.0. The predicted molar refractivity (Wildman–Crippen MR) is 103 cm³/mol. The highest BCUT2D eigenvalue weighted by molar-refractivity contribution is 5.36. The van der Waals surface area contributed by atoms with Gasteiger partial charge in [-0.15, -0.1) is 0 Å². The zero-order valence-electron chi connectivity index (χ0n) is 15.8. The van der Waals surface area contributed by atoms with Crippen LogP contribution in [0.2, 0.25) is 0 Å². The first-order valence-corrected chi connectivity index (χ1v) is 10.1. The molecule has 0 heterocycles. The van der Waals surface area contributed by atoms with Gasteiger partial charge in [0, 0.05) is 19.3 Å². The summed E-state index contributed by atoms with van der Waals surface area (Å²) in [5.74, 6) is 1.39. The van der Waals surface area contributed by atoms with Crippen molar-refractivity contribution in [2.24, 2.45) is 11.7 Å². The van der Waals surface area contributed by atoms with E-state index in [0.29, 0.717) is 5.92 Å². The molecule has 1 saturated carbocycles. The van der Waals surface area contributed by atoms with Gasteiger partial charge >= 0.3 is 0 Å². The smallest absolute Gasteiger partial charge is 0.0611 e. The van der Waals surface area contributed by atoms with E-state index in [4.69, 9.17) is 10.5 Å². The summed E-state index contributed by atoms with van der Waals surface area (Å²) in [4.78, 5) is 0. The third-order valence-electron chi connectivity index (χ3n) is 6.45. The third-order valence-corrected chi connectivity index (χ3v) is 6.45. The fourth-order valence-electron chi connectivity index (χ4n) is 4.79. The van der Waals surface area contributed by atoms with Gasteiger partial charge in [0.2, 0.25) is 0 Å². The second kappa shape index (κ2) is 8.66. The predicted octanol–water partition coefficient (Wildman–Crippen LogP) is 3.96. The maximum Gasteiger partial charge on any atom is 0.0611 e. The van der Waals surface area contributed by atoms with Gasteiger partial charge in [0.25, 0.3) is 0 Å². The van der Waals surface area contributed by atoms with Gasteiger partial charge in [-0.2, -0.15) is 0 Å². The van der Waals surface area contributed by atoms with Crippen LogP contribution < -0.4 is 5.73 Å². The molecule has 2 aliphatic rings. The number of ether oxygens (including phenoxy) is 1. The summed E-state index contributed by atoms with van der Waals surface area (Å²) < 4.78 is 5.13. The molecule has 0 aliphatic heterocycles. The molecule has 0 saturated heterocycles. The molecule has 3 N–H and O–H groups in total. The largest absolute Gasteiger partial charge is 0.394 e. The van der Waals surface area contributed by atoms with E-state index in [1.54, 1.807) is 18.2 Å². The number of aliphatic hydroxyl groups excluding tert-OH is 1. The Labute approximate surface area is 153 Å². The number of fused-ring (bicyclic) bond motifs is 1. The normalized spacial score (nSPS) is 28.9. The molecule has 1 aromatic rings. The fraction of sp³-hybridized carbons (Fsp3) is 0.727. The first kappa shape index (κ1) is 18.9. The fourth-order valence-corrected chi connectivity index (χ4v) is 4.79. The van der Waals surface area contributed by atoms with Crippen LogP contribution in [-0.2, 0) is 17.6 Å². The second-order valence-corrected chi connectivity index (χ2v) is 8.44. The molecule has 3 atom stereocenters. The van der Waals surface area contributed by atoms with Gasteiger partial charge in [0.1, 0.15) is 0 Å². The molecule has 25 heavy (non-hydrogen) atoms. The third kappa shape index (κ3) is 4.84. The summed E-state index contributed by atoms with van der Waals surface area (Å²) in [6, 6.07) is 7.14. The van der Waals surface area contributed by atoms with Crippen LogP contribution in [0.15, 0.2) is 18.2 Å². The number of methoxy groups -OCH3 is 1. The Morgan fingerprint density at radius 2 is 2.08 bits per heavy atom. The molecule has 3 nitrogen and oxygen atoms in total. The summed E-state index contributed by atoms with van der Waals surface area (Å²) in [5.41, 5.74) is 10.5. The van der Waals surface area contributed by atoms with Crippen LogP contribution in [0.5, 0.6) is 0 Å². The SMILES string of the molecule is COCCCCCC1CCc2cc(C3CCC(N)(CO)C3)ccc2C1. The maximum atomic E-state index is 9.50. The lowest BCUT2D eigenvalue weighted by atomic mass is 9.79. The van der Waals surface area contributed by atoms with Gasteiger partial charge in [0.05, 0.1) is 6.61 Å². The van der Waals surface area contributed by atoms with Crippen LogP contribution in [0.3, 0.4) is 0 Å². The average molecular weight is 346 g/mol. The molecule has 0 radical (unpaired) electrons. The van der Waals surface area contributed by atoms with Crippen molar-refractivity contribution in [3.05, 3.63) is 34.9 Å². The Hall–Kier alpha value is -0.900. The van der Waals surface area contributed by atoms with Gasteiger partial charge in [-0.1, -0.05) is 37.5 Å². The number of aliphatic hydroxyl groups is 1. The lowest BCUT2D eigenvalue weighted by Gasteiger charge is -2.26. The zero-order valence-corrected chi connectivity index (χ0v) is 15.8. The molecule has 3 unspecified atom stereocenters. The van der Waals surface area contributed by atoms with E-state index in [0.717, 1.165) is 31.8 Å². The molecule has 1 aromatic carbocycles. The molecule has 1 fully saturated rings. The minimum Gasteiger partial charge on any atom is -0.394 e. The van der Waals surface area contributed by atoms with Crippen molar-refractivity contribution in [3.8, 4) is 0 Å². The van der Waals surface area contributed by atoms with Crippen LogP contribution in [0, 0.1) is 5.92 Å². The molecule has 0 bridgehead atoms. The molecule has 0 aromatic heterocycles. The van der Waals surface area contributed by atoms with Gasteiger partial charge in [0.15, 0.2) is 0 Å². The molecule has 0 spiro atoms. The molecular weight excluding hydrogens is 310 g/mol. The van der Waals surface area contributed by atoms with E-state index in [-0.39, 0.29) is 12.1 Å². The van der Waals surface area contributed by atoms with Crippen molar-refractivity contribution in [2.75, 3.05) is 20.3 Å². The lowest BCUT2D eigenvalue weighted by Crippen LogP contribution is -2.40. The van der Waals surface area contributed by atoms with Gasteiger partial charge in [-0.3, -0.25) is 0 Å². The summed E-state index contributed by atoms with van der Waals surface area (Å²) in [7, 11) is 1.79. The Kier molecular flexibility index (Phi) is 6.54. The van der Waals surface area contributed by atoms with Gasteiger partial charge in [-0.05, 0) is 73.5 Å². The average Bonchev–Trinajstić information content (AvgIpc) is 3.04. The quantitative estimate of drug-likeness (QED) is 0.701. The zero-order chi connectivity index (χ0) is 17.7. The van der Waals surface area contributed by atoms with Crippen molar-refractivity contribution in [1.29, 1.82) is 0 Å². The molecule has 2 aliphatic carbocycles. The molecule has 3 rings (SSSR count). The lowest BCUT2D eigenvalue weighted by molar-refractivity contribution is 0.191. The van der Waals surface area contributed by atoms with E-state index in [1.807, 2.05) is 0 Å². The number of hydrogen-bond donors (Lipinski definition) is 2. The number of rotatable bonds is 8. The number of unbranched alkanes of at least 4 members (excludes halogenated alkanes) is 2. The molecule has 140 valence electrons. The minimum atomic E-state index is -0.353. The minimum absolute atomic E-state index is 0.112. The van der Waals surface area contributed by atoms with Crippen LogP contribution >= 0.6 is 0 Å². The van der Waals surface area contributed by atoms with Crippen molar-refractivity contribution >= 4 is 0 Å². The first-order valence-electron chi connectivity index (χ1n) is 10.1. The highest BCUT2D eigenvalue weighted by Crippen LogP contribution is 2.40. The highest BCUT2D eigenvalue weighted by Gasteiger charge is 2.36. The Morgan fingerprint density at radius 1 is 1.20 bits per heavy atom. The van der Waals surface area contributed by atoms with Crippen molar-refractivity contribution < 1.29 is 9.84 Å². The van der Waals surface area contributed by atoms with Gasteiger partial charge in [-0.25, -0.2) is 0 Å². The Balaban J connectivity index is 1.53. The van der Waals surface area contributed by atoms with E-state index in [9.17, 15) is 5.11 Å². The topological polar surface area (TPSA) is 55.5 Å². The monoisotopic (exact) mass is 345 g/mol. The van der Waals surface area contributed by atoms with Crippen molar-refractivity contribution in [2.45, 2.75) is 75.7 Å². The molecule has 0 amide bonds. The second-order valence-electron chi connectivity index (χ2n) is 8.44. The van der Waals surface area contributed by atoms with Crippen LogP contribution in [0.4, 0.5) is 0 Å². The first-order chi connectivity index (χ1) is 12.1. The van der Waals surface area contributed by atoms with E-state index in [1.165, 1.54) is 50.5 Å².